The van der Waals surface area contributed by atoms with Crippen LogP contribution in [0.5, 0.6) is 0 Å². The summed E-state index contributed by atoms with van der Waals surface area (Å²) in [4.78, 5) is 11.8. The number of nitrogens with zero attached hydrogens (tertiary/aromatic N) is 2. The molecule has 140 valence electrons. The first-order valence-electron chi connectivity index (χ1n) is 7.67. The minimum Gasteiger partial charge on any atom is -0.464 e. The van der Waals surface area contributed by atoms with Gasteiger partial charge in [-0.1, -0.05) is 59.4 Å². The number of esters is 1. The van der Waals surface area contributed by atoms with E-state index in [4.69, 9.17) is 5.26 Å². The number of oxime groups is 1. The molecular weight excluding hydrogens is 388 g/mol. The lowest BCUT2D eigenvalue weighted by Gasteiger charge is -2.06. The normalized spacial score (nSPS) is 11.5. The molecule has 0 radical (unpaired) electrons. The van der Waals surface area contributed by atoms with Crippen LogP contribution in [0.25, 0.3) is 0 Å². The summed E-state index contributed by atoms with van der Waals surface area (Å²) in [6, 6.07) is 17.2. The summed E-state index contributed by atoms with van der Waals surface area (Å²) in [5.41, 5.74) is 1.88. The monoisotopic (exact) mass is 404 g/mol. The van der Waals surface area contributed by atoms with E-state index >= 15 is 0 Å². The Kier molecular flexibility index (Phi) is 7.40. The summed E-state index contributed by atoms with van der Waals surface area (Å²) in [6.45, 7) is 0. The molecule has 0 aliphatic carbocycles. The standard InChI is InChI=1S/C18H16N2O5S2/c1-24-18(21)17(26-12-15-9-7-14(11-19)8-10-15)20-25-27(22,23)13-16-5-3-2-4-6-16/h2-10H,12-13H2,1H3/b20-17-. The van der Waals surface area contributed by atoms with Gasteiger partial charge in [0, 0.05) is 5.75 Å². The SMILES string of the molecule is COC(=O)/C(=N/OS(=O)(=O)Cc1ccccc1)SCc1ccc(C#N)cc1. The van der Waals surface area contributed by atoms with Gasteiger partial charge in [-0.3, -0.25) is 4.28 Å². The second-order valence-corrected chi connectivity index (χ2v) is 7.76. The molecule has 2 aromatic rings. The van der Waals surface area contributed by atoms with Gasteiger partial charge < -0.3 is 4.74 Å². The summed E-state index contributed by atoms with van der Waals surface area (Å²) in [7, 11) is -2.84. The van der Waals surface area contributed by atoms with Crippen LogP contribution >= 0.6 is 11.8 Å². The van der Waals surface area contributed by atoms with Crippen LogP contribution in [-0.4, -0.2) is 26.5 Å². The fourth-order valence-corrected chi connectivity index (χ4v) is 3.61. The van der Waals surface area contributed by atoms with Gasteiger partial charge in [-0.15, -0.1) is 0 Å². The molecule has 27 heavy (non-hydrogen) atoms. The highest BCUT2D eigenvalue weighted by Gasteiger charge is 2.18. The molecule has 9 heteroatoms. The molecule has 0 spiro atoms. The molecule has 0 heterocycles. The molecule has 0 aliphatic heterocycles. The number of nitriles is 1. The average Bonchev–Trinajstić information content (AvgIpc) is 2.68. The number of rotatable bonds is 6. The number of thioether (sulfide) groups is 1. The molecule has 0 atom stereocenters. The van der Waals surface area contributed by atoms with Gasteiger partial charge in [0.15, 0.2) is 0 Å². The van der Waals surface area contributed by atoms with Crippen LogP contribution in [-0.2, 0) is 35.4 Å². The third-order valence-corrected chi connectivity index (χ3v) is 5.22. The average molecular weight is 404 g/mol. The number of ether oxygens (including phenoxy) is 1. The second kappa shape index (κ2) is 9.75. The Labute approximate surface area is 161 Å². The first kappa shape index (κ1) is 20.5. The zero-order valence-electron chi connectivity index (χ0n) is 14.4. The molecular formula is C18H16N2O5S2. The molecule has 0 fully saturated rings. The predicted octanol–water partition coefficient (Wildman–Crippen LogP) is 2.82. The van der Waals surface area contributed by atoms with Crippen molar-refractivity contribution in [1.82, 2.24) is 0 Å². The number of hydrogen-bond donors (Lipinski definition) is 0. The molecule has 0 aliphatic rings. The maximum atomic E-state index is 12.0. The van der Waals surface area contributed by atoms with E-state index < -0.39 is 16.1 Å². The minimum atomic E-state index is -4.01. The minimum absolute atomic E-state index is 0.224. The first-order chi connectivity index (χ1) is 12.9. The summed E-state index contributed by atoms with van der Waals surface area (Å²) in [5.74, 6) is -0.850. The maximum Gasteiger partial charge on any atom is 0.366 e. The van der Waals surface area contributed by atoms with Gasteiger partial charge in [0.1, 0.15) is 5.75 Å². The fraction of sp³-hybridized carbons (Fsp3) is 0.167. The molecule has 0 aromatic heterocycles. The molecule has 0 saturated heterocycles. The molecule has 2 rings (SSSR count). The van der Waals surface area contributed by atoms with Gasteiger partial charge in [0.2, 0.25) is 5.04 Å². The van der Waals surface area contributed by atoms with Crippen LogP contribution < -0.4 is 0 Å². The van der Waals surface area contributed by atoms with Crippen LogP contribution in [0.4, 0.5) is 0 Å². The van der Waals surface area contributed by atoms with Gasteiger partial charge in [-0.05, 0) is 23.3 Å². The van der Waals surface area contributed by atoms with E-state index in [-0.39, 0.29) is 10.8 Å². The highest BCUT2D eigenvalue weighted by atomic mass is 32.2. The summed E-state index contributed by atoms with van der Waals surface area (Å²) in [6.07, 6.45) is 0. The van der Waals surface area contributed by atoms with Crippen molar-refractivity contribution in [3.8, 4) is 6.07 Å². The van der Waals surface area contributed by atoms with Crippen molar-refractivity contribution in [3.05, 3.63) is 71.3 Å². The predicted molar refractivity (Wildman–Crippen MR) is 102 cm³/mol. The first-order valence-corrected chi connectivity index (χ1v) is 10.2. The highest BCUT2D eigenvalue weighted by Crippen LogP contribution is 2.17. The van der Waals surface area contributed by atoms with E-state index in [2.05, 4.69) is 14.2 Å². The number of carbonyl (C=O) groups excluding carboxylic acids is 1. The fourth-order valence-electron chi connectivity index (χ4n) is 1.93. The van der Waals surface area contributed by atoms with Gasteiger partial charge in [-0.25, -0.2) is 4.79 Å². The van der Waals surface area contributed by atoms with E-state index in [0.29, 0.717) is 16.9 Å². The van der Waals surface area contributed by atoms with Crippen molar-refractivity contribution in [2.75, 3.05) is 7.11 Å². The van der Waals surface area contributed by atoms with Crippen molar-refractivity contribution >= 4 is 32.9 Å². The van der Waals surface area contributed by atoms with Crippen molar-refractivity contribution < 1.29 is 22.2 Å². The van der Waals surface area contributed by atoms with Crippen LogP contribution in [0.3, 0.4) is 0 Å². The Morgan fingerprint density at radius 3 is 2.37 bits per heavy atom. The van der Waals surface area contributed by atoms with Crippen LogP contribution in [0.15, 0.2) is 59.8 Å². The number of benzene rings is 2. The lowest BCUT2D eigenvalue weighted by molar-refractivity contribution is -0.132. The molecule has 7 nitrogen and oxygen atoms in total. The Bertz CT molecular complexity index is 949. The third kappa shape index (κ3) is 6.77. The smallest absolute Gasteiger partial charge is 0.366 e. The highest BCUT2D eigenvalue weighted by molar-refractivity contribution is 8.15. The van der Waals surface area contributed by atoms with E-state index in [1.54, 1.807) is 54.6 Å². The Hall–Kier alpha value is -2.83. The maximum absolute atomic E-state index is 12.0. The number of methoxy groups -OCH3 is 1. The molecule has 0 saturated carbocycles. The lowest BCUT2D eigenvalue weighted by Crippen LogP contribution is -2.15. The molecule has 0 N–H and O–H groups in total. The summed E-state index contributed by atoms with van der Waals surface area (Å²) in [5, 5.41) is 12.0. The van der Waals surface area contributed by atoms with E-state index in [1.807, 2.05) is 6.07 Å². The second-order valence-electron chi connectivity index (χ2n) is 5.25. The van der Waals surface area contributed by atoms with Crippen LogP contribution in [0.2, 0.25) is 0 Å². The number of hydrogen-bond acceptors (Lipinski definition) is 8. The molecule has 0 unspecified atom stereocenters. The lowest BCUT2D eigenvalue weighted by atomic mass is 10.2. The quantitative estimate of drug-likeness (QED) is 0.315. The Morgan fingerprint density at radius 2 is 1.78 bits per heavy atom. The van der Waals surface area contributed by atoms with Crippen molar-refractivity contribution in [1.29, 1.82) is 5.26 Å². The van der Waals surface area contributed by atoms with Crippen molar-refractivity contribution in [2.45, 2.75) is 11.5 Å². The third-order valence-electron chi connectivity index (χ3n) is 3.24. The van der Waals surface area contributed by atoms with E-state index in [1.165, 1.54) is 7.11 Å². The van der Waals surface area contributed by atoms with Crippen molar-refractivity contribution in [2.24, 2.45) is 5.16 Å². The number of carbonyl (C=O) groups is 1. The van der Waals surface area contributed by atoms with Crippen LogP contribution in [0.1, 0.15) is 16.7 Å². The van der Waals surface area contributed by atoms with Crippen LogP contribution in [0, 0.1) is 11.3 Å². The Morgan fingerprint density at radius 1 is 1.11 bits per heavy atom. The van der Waals surface area contributed by atoms with E-state index in [9.17, 15) is 13.2 Å². The summed E-state index contributed by atoms with van der Waals surface area (Å²) < 4.78 is 33.3. The molecule has 0 amide bonds. The van der Waals surface area contributed by atoms with Gasteiger partial charge in [-0.2, -0.15) is 13.7 Å². The summed E-state index contributed by atoms with van der Waals surface area (Å²) >= 11 is 0.971. The topological polar surface area (TPSA) is 106 Å². The van der Waals surface area contributed by atoms with Gasteiger partial charge >= 0.3 is 16.1 Å². The molecule has 0 bridgehead atoms. The van der Waals surface area contributed by atoms with Crippen molar-refractivity contribution in [3.63, 3.8) is 0 Å². The zero-order valence-corrected chi connectivity index (χ0v) is 16.0. The largest absolute Gasteiger partial charge is 0.464 e. The van der Waals surface area contributed by atoms with Gasteiger partial charge in [0.05, 0.1) is 18.7 Å². The Balaban J connectivity index is 2.05. The molecule has 2 aromatic carbocycles. The van der Waals surface area contributed by atoms with E-state index in [0.717, 1.165) is 17.3 Å². The van der Waals surface area contributed by atoms with Gasteiger partial charge in [0.25, 0.3) is 0 Å². The zero-order chi connectivity index (χ0) is 19.7.